The van der Waals surface area contributed by atoms with Gasteiger partial charge < -0.3 is 4.57 Å². The summed E-state index contributed by atoms with van der Waals surface area (Å²) in [6.07, 6.45) is 0. The number of rotatable bonds is 4. The van der Waals surface area contributed by atoms with Crippen LogP contribution in [-0.4, -0.2) is 18.7 Å². The number of hydrogen-bond donors (Lipinski definition) is 0. The molecule has 2 rings (SSSR count). The van der Waals surface area contributed by atoms with E-state index in [-0.39, 0.29) is 17.5 Å². The van der Waals surface area contributed by atoms with E-state index in [1.54, 1.807) is 6.92 Å². The molecule has 0 aliphatic heterocycles. The Kier molecular flexibility index (Phi) is 3.72. The summed E-state index contributed by atoms with van der Waals surface area (Å²) in [5, 5.41) is 1.11. The minimum Gasteiger partial charge on any atom is -0.341 e. The van der Waals surface area contributed by atoms with Gasteiger partial charge in [0.05, 0.1) is 5.75 Å². The first-order valence-corrected chi connectivity index (χ1v) is 8.47. The molecule has 0 unspecified atom stereocenters. The van der Waals surface area contributed by atoms with Crippen LogP contribution in [-0.2, 0) is 15.6 Å². The first-order valence-electron chi connectivity index (χ1n) is 6.65. The van der Waals surface area contributed by atoms with Gasteiger partial charge in [-0.3, -0.25) is 0 Å². The Morgan fingerprint density at radius 1 is 1.21 bits per heavy atom. The third-order valence-electron chi connectivity index (χ3n) is 3.40. The summed E-state index contributed by atoms with van der Waals surface area (Å²) < 4.78 is 25.9. The van der Waals surface area contributed by atoms with E-state index in [0.29, 0.717) is 0 Å². The molecule has 0 atom stereocenters. The van der Waals surface area contributed by atoms with Crippen LogP contribution in [0.25, 0.3) is 10.9 Å². The third kappa shape index (κ3) is 2.84. The maximum absolute atomic E-state index is 11.9. The minimum atomic E-state index is -3.01. The number of hydrogen-bond acceptors (Lipinski definition) is 2. The second-order valence-electron chi connectivity index (χ2n) is 5.34. The lowest BCUT2D eigenvalue weighted by atomic mass is 10.2. The number of aryl methyl sites for hydroxylation is 1. The molecule has 1 heterocycles. The van der Waals surface area contributed by atoms with E-state index < -0.39 is 9.84 Å². The van der Waals surface area contributed by atoms with Crippen LogP contribution in [0.3, 0.4) is 0 Å². The van der Waals surface area contributed by atoms with Gasteiger partial charge in [-0.2, -0.15) is 0 Å². The van der Waals surface area contributed by atoms with Gasteiger partial charge in [-0.1, -0.05) is 19.1 Å². The van der Waals surface area contributed by atoms with Crippen molar-refractivity contribution in [1.82, 2.24) is 4.57 Å². The van der Waals surface area contributed by atoms with Gasteiger partial charge in [-0.05, 0) is 43.9 Å². The standard InChI is InChI=1S/C15H21NO2S/c1-5-19(17,18)10-14-9-13-7-6-12(4)8-15(13)16(14)11(2)3/h6-9,11H,5,10H2,1-4H3. The molecular formula is C15H21NO2S. The largest absolute Gasteiger partial charge is 0.341 e. The van der Waals surface area contributed by atoms with Crippen molar-refractivity contribution in [3.05, 3.63) is 35.5 Å². The molecule has 0 spiro atoms. The molecule has 0 amide bonds. The van der Waals surface area contributed by atoms with Crippen LogP contribution in [0.1, 0.15) is 38.1 Å². The van der Waals surface area contributed by atoms with Crippen molar-refractivity contribution in [2.45, 2.75) is 39.5 Å². The fourth-order valence-electron chi connectivity index (χ4n) is 2.44. The lowest BCUT2D eigenvalue weighted by Crippen LogP contribution is -2.12. The van der Waals surface area contributed by atoms with Crippen LogP contribution < -0.4 is 0 Å². The van der Waals surface area contributed by atoms with Crippen molar-refractivity contribution in [2.24, 2.45) is 0 Å². The summed E-state index contributed by atoms with van der Waals surface area (Å²) in [4.78, 5) is 0. The summed E-state index contributed by atoms with van der Waals surface area (Å²) in [6, 6.07) is 8.50. The normalized spacial score (nSPS) is 12.5. The number of fused-ring (bicyclic) bond motifs is 1. The summed E-state index contributed by atoms with van der Waals surface area (Å²) in [5.74, 6) is 0.307. The van der Waals surface area contributed by atoms with Crippen LogP contribution >= 0.6 is 0 Å². The molecule has 1 aromatic heterocycles. The van der Waals surface area contributed by atoms with Gasteiger partial charge in [0.25, 0.3) is 0 Å². The number of sulfone groups is 1. The van der Waals surface area contributed by atoms with E-state index in [4.69, 9.17) is 0 Å². The first kappa shape index (κ1) is 14.1. The van der Waals surface area contributed by atoms with Crippen molar-refractivity contribution < 1.29 is 8.42 Å². The zero-order valence-corrected chi connectivity index (χ0v) is 12.8. The Balaban J connectivity index is 2.64. The SMILES string of the molecule is CCS(=O)(=O)Cc1cc2ccc(C)cc2n1C(C)C. The second kappa shape index (κ2) is 5.00. The quantitative estimate of drug-likeness (QED) is 0.859. The predicted octanol–water partition coefficient (Wildman–Crippen LogP) is 3.47. The Morgan fingerprint density at radius 2 is 1.89 bits per heavy atom. The molecule has 0 radical (unpaired) electrons. The first-order chi connectivity index (χ1) is 8.84. The monoisotopic (exact) mass is 279 g/mol. The average Bonchev–Trinajstić information content (AvgIpc) is 2.65. The van der Waals surface area contributed by atoms with E-state index in [1.165, 1.54) is 5.56 Å². The van der Waals surface area contributed by atoms with Crippen LogP contribution in [0.2, 0.25) is 0 Å². The van der Waals surface area contributed by atoms with Gasteiger partial charge in [-0.15, -0.1) is 0 Å². The van der Waals surface area contributed by atoms with Crippen molar-refractivity contribution in [1.29, 1.82) is 0 Å². The fraction of sp³-hybridized carbons (Fsp3) is 0.467. The zero-order chi connectivity index (χ0) is 14.2. The molecule has 1 aromatic carbocycles. The molecule has 0 aliphatic rings. The lowest BCUT2D eigenvalue weighted by Gasteiger charge is -2.15. The minimum absolute atomic E-state index is 0.120. The van der Waals surface area contributed by atoms with Gasteiger partial charge >= 0.3 is 0 Å². The summed E-state index contributed by atoms with van der Waals surface area (Å²) in [5.41, 5.74) is 3.20. The van der Waals surface area contributed by atoms with Crippen molar-refractivity contribution in [3.8, 4) is 0 Å². The van der Waals surface area contributed by atoms with Crippen LogP contribution in [0.15, 0.2) is 24.3 Å². The molecule has 0 aliphatic carbocycles. The number of nitrogens with zero attached hydrogens (tertiary/aromatic N) is 1. The van der Waals surface area contributed by atoms with Gasteiger partial charge in [0.15, 0.2) is 9.84 Å². The highest BCUT2D eigenvalue weighted by Gasteiger charge is 2.17. The Morgan fingerprint density at radius 3 is 2.47 bits per heavy atom. The summed E-state index contributed by atoms with van der Waals surface area (Å²) in [6.45, 7) is 7.93. The maximum atomic E-state index is 11.9. The molecule has 0 bridgehead atoms. The second-order valence-corrected chi connectivity index (χ2v) is 7.69. The third-order valence-corrected chi connectivity index (χ3v) is 5.02. The molecule has 19 heavy (non-hydrogen) atoms. The van der Waals surface area contributed by atoms with E-state index in [1.807, 2.05) is 6.07 Å². The Labute approximate surface area is 115 Å². The highest BCUT2D eigenvalue weighted by Crippen LogP contribution is 2.26. The molecule has 0 fully saturated rings. The Bertz CT molecular complexity index is 696. The molecule has 3 nitrogen and oxygen atoms in total. The van der Waals surface area contributed by atoms with E-state index in [9.17, 15) is 8.42 Å². The molecule has 4 heteroatoms. The summed E-state index contributed by atoms with van der Waals surface area (Å²) in [7, 11) is -3.01. The molecule has 104 valence electrons. The maximum Gasteiger partial charge on any atom is 0.155 e. The zero-order valence-electron chi connectivity index (χ0n) is 12.0. The highest BCUT2D eigenvalue weighted by atomic mass is 32.2. The van der Waals surface area contributed by atoms with Gasteiger partial charge in [0.2, 0.25) is 0 Å². The van der Waals surface area contributed by atoms with Crippen molar-refractivity contribution in [3.63, 3.8) is 0 Å². The molecule has 2 aromatic rings. The molecule has 0 N–H and O–H groups in total. The smallest absolute Gasteiger partial charge is 0.155 e. The lowest BCUT2D eigenvalue weighted by molar-refractivity contribution is 0.582. The van der Waals surface area contributed by atoms with Crippen molar-refractivity contribution >= 4 is 20.7 Å². The van der Waals surface area contributed by atoms with E-state index >= 15 is 0 Å². The van der Waals surface area contributed by atoms with Crippen LogP contribution in [0.5, 0.6) is 0 Å². The topological polar surface area (TPSA) is 39.1 Å². The fourth-order valence-corrected chi connectivity index (χ4v) is 3.31. The molecule has 0 saturated heterocycles. The molecule has 0 saturated carbocycles. The van der Waals surface area contributed by atoms with Gasteiger partial charge in [0.1, 0.15) is 0 Å². The van der Waals surface area contributed by atoms with Gasteiger partial charge in [-0.25, -0.2) is 8.42 Å². The van der Waals surface area contributed by atoms with Crippen LogP contribution in [0.4, 0.5) is 0 Å². The predicted molar refractivity (Wildman–Crippen MR) is 80.2 cm³/mol. The Hall–Kier alpha value is -1.29. The average molecular weight is 279 g/mol. The van der Waals surface area contributed by atoms with E-state index in [0.717, 1.165) is 16.6 Å². The number of benzene rings is 1. The van der Waals surface area contributed by atoms with E-state index in [2.05, 4.69) is 43.5 Å². The van der Waals surface area contributed by atoms with Crippen molar-refractivity contribution in [2.75, 3.05) is 5.75 Å². The van der Waals surface area contributed by atoms with Gasteiger partial charge in [0, 0.05) is 23.0 Å². The molecular weight excluding hydrogens is 258 g/mol. The summed E-state index contributed by atoms with van der Waals surface area (Å²) >= 11 is 0. The highest BCUT2D eigenvalue weighted by molar-refractivity contribution is 7.90. The number of aromatic nitrogens is 1. The van der Waals surface area contributed by atoms with Crippen LogP contribution in [0, 0.1) is 6.92 Å².